The molecule has 2 N–H and O–H groups in total. The number of carbonyl (C=O) groups excluding carboxylic acids is 1. The van der Waals surface area contributed by atoms with Gasteiger partial charge in [-0.3, -0.25) is 9.79 Å². The summed E-state index contributed by atoms with van der Waals surface area (Å²) in [4.78, 5) is 17.3. The molecule has 0 unspecified atom stereocenters. The second-order valence-electron chi connectivity index (χ2n) is 6.13. The van der Waals surface area contributed by atoms with Crippen LogP contribution in [0.4, 0.5) is 4.39 Å². The van der Waals surface area contributed by atoms with Crippen LogP contribution >= 0.6 is 24.0 Å². The highest BCUT2D eigenvalue weighted by atomic mass is 127. The van der Waals surface area contributed by atoms with Crippen molar-refractivity contribution in [2.75, 3.05) is 27.7 Å². The molecule has 2 aromatic rings. The Labute approximate surface area is 182 Å². The third-order valence-electron chi connectivity index (χ3n) is 3.79. The lowest BCUT2D eigenvalue weighted by Gasteiger charge is -2.14. The summed E-state index contributed by atoms with van der Waals surface area (Å²) in [6, 6.07) is 13.9. The van der Waals surface area contributed by atoms with Gasteiger partial charge in [-0.25, -0.2) is 4.39 Å². The quantitative estimate of drug-likeness (QED) is 0.349. The van der Waals surface area contributed by atoms with Gasteiger partial charge in [0, 0.05) is 34.2 Å². The number of nitrogens with zero attached hydrogens (tertiary/aromatic N) is 2. The van der Waals surface area contributed by atoms with Gasteiger partial charge in [0.1, 0.15) is 11.6 Å². The number of hydrogen-bond donors (Lipinski definition) is 2. The Morgan fingerprint density at radius 2 is 1.68 bits per heavy atom. The Morgan fingerprint density at radius 3 is 2.25 bits per heavy atom. The maximum Gasteiger partial charge on any atom is 0.259 e. The fourth-order valence-corrected chi connectivity index (χ4v) is 2.26. The molecule has 0 spiro atoms. The molecule has 152 valence electrons. The summed E-state index contributed by atoms with van der Waals surface area (Å²) in [5, 5.41) is 6.34. The SMILES string of the molecule is CN=C(NCc1cccc(F)c1)NCc1cccc(OCC(=O)N(C)C)c1.I. The molecule has 0 fully saturated rings. The molecule has 0 bridgehead atoms. The van der Waals surface area contributed by atoms with E-state index in [0.717, 1.165) is 11.1 Å². The highest BCUT2D eigenvalue weighted by Crippen LogP contribution is 2.13. The number of halogens is 2. The topological polar surface area (TPSA) is 66.0 Å². The summed E-state index contributed by atoms with van der Waals surface area (Å²) in [5.41, 5.74) is 1.82. The van der Waals surface area contributed by atoms with Crippen LogP contribution < -0.4 is 15.4 Å². The molecule has 1 amide bonds. The zero-order valence-corrected chi connectivity index (χ0v) is 18.6. The Balaban J connectivity index is 0.00000392. The van der Waals surface area contributed by atoms with E-state index in [1.165, 1.54) is 17.0 Å². The van der Waals surface area contributed by atoms with Crippen molar-refractivity contribution in [3.8, 4) is 5.75 Å². The minimum absolute atomic E-state index is 0. The average Bonchev–Trinajstić information content (AvgIpc) is 2.66. The van der Waals surface area contributed by atoms with Crippen molar-refractivity contribution in [2.24, 2.45) is 4.99 Å². The van der Waals surface area contributed by atoms with Crippen molar-refractivity contribution in [3.05, 3.63) is 65.5 Å². The first-order valence-electron chi connectivity index (χ1n) is 8.59. The lowest BCUT2D eigenvalue weighted by Crippen LogP contribution is -2.36. The smallest absolute Gasteiger partial charge is 0.259 e. The van der Waals surface area contributed by atoms with E-state index in [0.29, 0.717) is 24.8 Å². The molecule has 0 aliphatic rings. The van der Waals surface area contributed by atoms with Crippen molar-refractivity contribution in [1.29, 1.82) is 0 Å². The van der Waals surface area contributed by atoms with Gasteiger partial charge in [-0.1, -0.05) is 24.3 Å². The third-order valence-corrected chi connectivity index (χ3v) is 3.79. The van der Waals surface area contributed by atoms with E-state index in [4.69, 9.17) is 4.74 Å². The summed E-state index contributed by atoms with van der Waals surface area (Å²) < 4.78 is 18.7. The maximum atomic E-state index is 13.2. The summed E-state index contributed by atoms with van der Waals surface area (Å²) in [6.07, 6.45) is 0. The molecule has 0 aliphatic carbocycles. The van der Waals surface area contributed by atoms with Crippen LogP contribution in [0, 0.1) is 5.82 Å². The first-order valence-corrected chi connectivity index (χ1v) is 8.59. The summed E-state index contributed by atoms with van der Waals surface area (Å²) in [5.74, 6) is 0.878. The number of hydrogen-bond acceptors (Lipinski definition) is 3. The summed E-state index contributed by atoms with van der Waals surface area (Å²) in [6.45, 7) is 0.996. The molecular weight excluding hydrogens is 474 g/mol. The maximum absolute atomic E-state index is 13.2. The minimum Gasteiger partial charge on any atom is -0.484 e. The highest BCUT2D eigenvalue weighted by Gasteiger charge is 2.06. The Bertz CT molecular complexity index is 799. The predicted octanol–water partition coefficient (Wildman–Crippen LogP) is 2.78. The second-order valence-corrected chi connectivity index (χ2v) is 6.13. The Kier molecular flexibility index (Phi) is 10.3. The molecule has 0 heterocycles. The number of amides is 1. The van der Waals surface area contributed by atoms with Crippen LogP contribution in [0.1, 0.15) is 11.1 Å². The van der Waals surface area contributed by atoms with Gasteiger partial charge in [-0.05, 0) is 35.4 Å². The van der Waals surface area contributed by atoms with Gasteiger partial charge in [-0.15, -0.1) is 24.0 Å². The lowest BCUT2D eigenvalue weighted by atomic mass is 10.2. The van der Waals surface area contributed by atoms with E-state index in [1.54, 1.807) is 27.2 Å². The van der Waals surface area contributed by atoms with Crippen LogP contribution in [0.3, 0.4) is 0 Å². The number of ether oxygens (including phenoxy) is 1. The van der Waals surface area contributed by atoms with E-state index in [1.807, 2.05) is 30.3 Å². The zero-order chi connectivity index (χ0) is 19.6. The van der Waals surface area contributed by atoms with E-state index in [9.17, 15) is 9.18 Å². The number of likely N-dealkylation sites (N-methyl/N-ethyl adjacent to an activating group) is 1. The minimum atomic E-state index is -0.262. The molecule has 8 heteroatoms. The first kappa shape index (κ1) is 23.7. The van der Waals surface area contributed by atoms with Gasteiger partial charge in [0.2, 0.25) is 0 Å². The molecule has 2 rings (SSSR count). The molecule has 28 heavy (non-hydrogen) atoms. The molecule has 0 atom stereocenters. The van der Waals surface area contributed by atoms with Gasteiger partial charge in [0.15, 0.2) is 12.6 Å². The number of aliphatic imine (C=N–C) groups is 1. The van der Waals surface area contributed by atoms with E-state index in [2.05, 4.69) is 15.6 Å². The van der Waals surface area contributed by atoms with E-state index in [-0.39, 0.29) is 42.3 Å². The largest absolute Gasteiger partial charge is 0.484 e. The van der Waals surface area contributed by atoms with E-state index >= 15 is 0 Å². The fraction of sp³-hybridized carbons (Fsp3) is 0.300. The Hall–Kier alpha value is -2.36. The monoisotopic (exact) mass is 500 g/mol. The number of rotatable bonds is 7. The summed E-state index contributed by atoms with van der Waals surface area (Å²) in [7, 11) is 5.05. The van der Waals surface area contributed by atoms with Crippen LogP contribution in [0.2, 0.25) is 0 Å². The van der Waals surface area contributed by atoms with Crippen LogP contribution in [-0.2, 0) is 17.9 Å². The van der Waals surface area contributed by atoms with Crippen LogP contribution in [0.15, 0.2) is 53.5 Å². The molecular formula is C20H26FIN4O2. The number of nitrogens with one attached hydrogen (secondary N) is 2. The first-order chi connectivity index (χ1) is 13.0. The molecule has 2 aromatic carbocycles. The molecule has 0 aliphatic heterocycles. The van der Waals surface area contributed by atoms with Gasteiger partial charge < -0.3 is 20.3 Å². The van der Waals surface area contributed by atoms with Crippen LogP contribution in [-0.4, -0.2) is 44.5 Å². The van der Waals surface area contributed by atoms with Gasteiger partial charge in [0.05, 0.1) is 0 Å². The van der Waals surface area contributed by atoms with Crippen LogP contribution in [0.25, 0.3) is 0 Å². The predicted molar refractivity (Wildman–Crippen MR) is 119 cm³/mol. The van der Waals surface area contributed by atoms with Crippen molar-refractivity contribution in [1.82, 2.24) is 15.5 Å². The number of guanidine groups is 1. The van der Waals surface area contributed by atoms with Gasteiger partial charge in [0.25, 0.3) is 5.91 Å². The van der Waals surface area contributed by atoms with Crippen LogP contribution in [0.5, 0.6) is 5.75 Å². The van der Waals surface area contributed by atoms with Crippen molar-refractivity contribution in [2.45, 2.75) is 13.1 Å². The van der Waals surface area contributed by atoms with Crippen molar-refractivity contribution < 1.29 is 13.9 Å². The van der Waals surface area contributed by atoms with Gasteiger partial charge >= 0.3 is 0 Å². The average molecular weight is 500 g/mol. The molecule has 0 saturated carbocycles. The van der Waals surface area contributed by atoms with E-state index < -0.39 is 0 Å². The normalized spacial score (nSPS) is 10.6. The number of carbonyl (C=O) groups is 1. The lowest BCUT2D eigenvalue weighted by molar-refractivity contribution is -0.130. The van der Waals surface area contributed by atoms with Crippen molar-refractivity contribution in [3.63, 3.8) is 0 Å². The van der Waals surface area contributed by atoms with Crippen molar-refractivity contribution >= 4 is 35.8 Å². The Morgan fingerprint density at radius 1 is 1.07 bits per heavy atom. The molecule has 0 aromatic heterocycles. The zero-order valence-electron chi connectivity index (χ0n) is 16.2. The standard InChI is InChI=1S/C20H25FN4O2.HI/c1-22-20(23-12-15-6-4-8-17(21)10-15)24-13-16-7-5-9-18(11-16)27-14-19(26)25(2)3;/h4-11H,12-14H2,1-3H3,(H2,22,23,24);1H. The third kappa shape index (κ3) is 8.12. The summed E-state index contributed by atoms with van der Waals surface area (Å²) >= 11 is 0. The second kappa shape index (κ2) is 12.2. The molecule has 0 saturated heterocycles. The fourth-order valence-electron chi connectivity index (χ4n) is 2.26. The number of benzene rings is 2. The van der Waals surface area contributed by atoms with Gasteiger partial charge in [-0.2, -0.15) is 0 Å². The highest BCUT2D eigenvalue weighted by molar-refractivity contribution is 14.0. The molecule has 6 nitrogen and oxygen atoms in total. The molecule has 0 radical (unpaired) electrons.